The molecule has 3 nitrogen and oxygen atoms in total. The summed E-state index contributed by atoms with van der Waals surface area (Å²) in [6.45, 7) is 4.02. The number of carbonyl (C=O) groups is 1. The monoisotopic (exact) mass is 198 g/mol. The molecule has 1 saturated carbocycles. The van der Waals surface area contributed by atoms with Crippen molar-refractivity contribution in [2.75, 3.05) is 7.05 Å². The van der Waals surface area contributed by atoms with Crippen molar-refractivity contribution in [3.8, 4) is 0 Å². The van der Waals surface area contributed by atoms with Gasteiger partial charge in [0.25, 0.3) is 0 Å². The summed E-state index contributed by atoms with van der Waals surface area (Å²) in [4.78, 5) is 13.5. The van der Waals surface area contributed by atoms with Crippen molar-refractivity contribution in [3.63, 3.8) is 0 Å². The van der Waals surface area contributed by atoms with E-state index in [9.17, 15) is 4.79 Å². The Kier molecular flexibility index (Phi) is 3.93. The van der Waals surface area contributed by atoms with Gasteiger partial charge in [-0.3, -0.25) is 4.79 Å². The van der Waals surface area contributed by atoms with Gasteiger partial charge in [-0.05, 0) is 25.7 Å². The topological polar surface area (TPSA) is 46.3 Å². The Hall–Kier alpha value is -0.570. The van der Waals surface area contributed by atoms with E-state index < -0.39 is 0 Å². The van der Waals surface area contributed by atoms with Gasteiger partial charge in [0.15, 0.2) is 0 Å². The molecule has 0 saturated heterocycles. The van der Waals surface area contributed by atoms with Gasteiger partial charge in [-0.2, -0.15) is 0 Å². The highest BCUT2D eigenvalue weighted by molar-refractivity contribution is 5.81. The SMILES string of the molecule is CC1CCCC(N(C)C(=O)[C@@H](C)N)C1. The maximum Gasteiger partial charge on any atom is 0.239 e. The average molecular weight is 198 g/mol. The summed E-state index contributed by atoms with van der Waals surface area (Å²) in [6.07, 6.45) is 4.81. The number of carbonyl (C=O) groups excluding carboxylic acids is 1. The van der Waals surface area contributed by atoms with E-state index in [1.807, 2.05) is 11.9 Å². The summed E-state index contributed by atoms with van der Waals surface area (Å²) in [5.74, 6) is 0.821. The van der Waals surface area contributed by atoms with Crippen molar-refractivity contribution < 1.29 is 4.79 Å². The Bertz CT molecular complexity index is 203. The van der Waals surface area contributed by atoms with Crippen molar-refractivity contribution in [1.82, 2.24) is 4.90 Å². The molecule has 0 heterocycles. The molecule has 3 heteroatoms. The molecule has 1 aliphatic rings. The normalized spacial score (nSPS) is 29.7. The van der Waals surface area contributed by atoms with Crippen molar-refractivity contribution >= 4 is 5.91 Å². The van der Waals surface area contributed by atoms with E-state index in [0.717, 1.165) is 18.8 Å². The third-order valence-electron chi connectivity index (χ3n) is 3.19. The molecule has 1 fully saturated rings. The Morgan fingerprint density at radius 3 is 2.64 bits per heavy atom. The summed E-state index contributed by atoms with van der Waals surface area (Å²) in [5.41, 5.74) is 5.59. The highest BCUT2D eigenvalue weighted by atomic mass is 16.2. The fourth-order valence-electron chi connectivity index (χ4n) is 2.26. The minimum atomic E-state index is -0.364. The molecule has 0 aliphatic heterocycles. The zero-order chi connectivity index (χ0) is 10.7. The second-order valence-corrected chi connectivity index (χ2v) is 4.66. The summed E-state index contributed by atoms with van der Waals surface area (Å²) >= 11 is 0. The first-order valence-corrected chi connectivity index (χ1v) is 5.54. The lowest BCUT2D eigenvalue weighted by Gasteiger charge is -2.34. The van der Waals surface area contributed by atoms with Gasteiger partial charge in [-0.1, -0.05) is 19.8 Å². The number of hydrogen-bond acceptors (Lipinski definition) is 2. The molecule has 14 heavy (non-hydrogen) atoms. The summed E-state index contributed by atoms with van der Waals surface area (Å²) in [7, 11) is 1.88. The molecular formula is C11H22N2O. The number of likely N-dealkylation sites (N-methyl/N-ethyl adjacent to an activating group) is 1. The Labute approximate surface area is 86.6 Å². The first-order valence-electron chi connectivity index (χ1n) is 5.54. The van der Waals surface area contributed by atoms with Crippen LogP contribution in [0, 0.1) is 5.92 Å². The quantitative estimate of drug-likeness (QED) is 0.728. The molecule has 82 valence electrons. The third kappa shape index (κ3) is 2.71. The highest BCUT2D eigenvalue weighted by Gasteiger charge is 2.26. The van der Waals surface area contributed by atoms with Crippen LogP contribution in [0.2, 0.25) is 0 Å². The summed E-state index contributed by atoms with van der Waals surface area (Å²) in [6, 6.07) is 0.0504. The highest BCUT2D eigenvalue weighted by Crippen LogP contribution is 2.26. The first-order chi connectivity index (χ1) is 6.52. The lowest BCUT2D eigenvalue weighted by Crippen LogP contribution is -2.46. The van der Waals surface area contributed by atoms with Gasteiger partial charge in [-0.25, -0.2) is 0 Å². The van der Waals surface area contributed by atoms with E-state index in [1.165, 1.54) is 12.8 Å². The zero-order valence-corrected chi connectivity index (χ0v) is 9.49. The summed E-state index contributed by atoms with van der Waals surface area (Å²) in [5, 5.41) is 0. The second-order valence-electron chi connectivity index (χ2n) is 4.66. The molecule has 2 N–H and O–H groups in total. The standard InChI is InChI=1S/C11H22N2O/c1-8-5-4-6-10(7-8)13(3)11(14)9(2)12/h8-10H,4-7,12H2,1-3H3/t8?,9-,10?/m1/s1. The molecule has 0 aromatic rings. The van der Waals surface area contributed by atoms with Crippen LogP contribution in [0.15, 0.2) is 0 Å². The first kappa shape index (κ1) is 11.5. The molecule has 0 aromatic heterocycles. The van der Waals surface area contributed by atoms with E-state index >= 15 is 0 Å². The maximum atomic E-state index is 11.6. The Morgan fingerprint density at radius 2 is 2.14 bits per heavy atom. The van der Waals surface area contributed by atoms with E-state index in [1.54, 1.807) is 6.92 Å². The molecular weight excluding hydrogens is 176 g/mol. The van der Waals surface area contributed by atoms with Crippen LogP contribution < -0.4 is 5.73 Å². The van der Waals surface area contributed by atoms with Gasteiger partial charge < -0.3 is 10.6 Å². The molecule has 0 radical (unpaired) electrons. The molecule has 0 aromatic carbocycles. The molecule has 1 rings (SSSR count). The second kappa shape index (κ2) is 4.78. The molecule has 2 unspecified atom stereocenters. The average Bonchev–Trinajstić information content (AvgIpc) is 2.15. The molecule has 1 amide bonds. The van der Waals surface area contributed by atoms with Crippen molar-refractivity contribution in [2.24, 2.45) is 11.7 Å². The Morgan fingerprint density at radius 1 is 1.50 bits per heavy atom. The predicted molar refractivity (Wildman–Crippen MR) is 57.8 cm³/mol. The number of nitrogens with zero attached hydrogens (tertiary/aromatic N) is 1. The smallest absolute Gasteiger partial charge is 0.239 e. The largest absolute Gasteiger partial charge is 0.341 e. The van der Waals surface area contributed by atoms with E-state index in [2.05, 4.69) is 6.92 Å². The van der Waals surface area contributed by atoms with E-state index in [0.29, 0.717) is 6.04 Å². The van der Waals surface area contributed by atoms with E-state index in [-0.39, 0.29) is 11.9 Å². The van der Waals surface area contributed by atoms with Crippen LogP contribution in [-0.4, -0.2) is 29.9 Å². The third-order valence-corrected chi connectivity index (χ3v) is 3.19. The minimum absolute atomic E-state index is 0.0732. The van der Waals surface area contributed by atoms with Crippen LogP contribution in [-0.2, 0) is 4.79 Å². The van der Waals surface area contributed by atoms with Crippen LogP contribution in [0.1, 0.15) is 39.5 Å². The van der Waals surface area contributed by atoms with Crippen molar-refractivity contribution in [3.05, 3.63) is 0 Å². The maximum absolute atomic E-state index is 11.6. The number of hydrogen-bond donors (Lipinski definition) is 1. The number of nitrogens with two attached hydrogens (primary N) is 1. The van der Waals surface area contributed by atoms with Gasteiger partial charge in [0, 0.05) is 13.1 Å². The fourth-order valence-corrected chi connectivity index (χ4v) is 2.26. The lowest BCUT2D eigenvalue weighted by molar-refractivity contribution is -0.133. The van der Waals surface area contributed by atoms with Gasteiger partial charge in [0.05, 0.1) is 6.04 Å². The van der Waals surface area contributed by atoms with Gasteiger partial charge in [0.1, 0.15) is 0 Å². The Balaban J connectivity index is 2.51. The summed E-state index contributed by atoms with van der Waals surface area (Å²) < 4.78 is 0. The molecule has 1 aliphatic carbocycles. The van der Waals surface area contributed by atoms with Gasteiger partial charge in [-0.15, -0.1) is 0 Å². The van der Waals surface area contributed by atoms with Crippen LogP contribution in [0.4, 0.5) is 0 Å². The minimum Gasteiger partial charge on any atom is -0.341 e. The fraction of sp³-hybridized carbons (Fsp3) is 0.909. The van der Waals surface area contributed by atoms with E-state index in [4.69, 9.17) is 5.73 Å². The molecule has 3 atom stereocenters. The van der Waals surface area contributed by atoms with Gasteiger partial charge >= 0.3 is 0 Å². The lowest BCUT2D eigenvalue weighted by atomic mass is 9.86. The van der Waals surface area contributed by atoms with Crippen LogP contribution in [0.25, 0.3) is 0 Å². The van der Waals surface area contributed by atoms with Crippen molar-refractivity contribution in [1.29, 1.82) is 0 Å². The number of amides is 1. The predicted octanol–water partition coefficient (Wildman–Crippen LogP) is 1.37. The van der Waals surface area contributed by atoms with Crippen molar-refractivity contribution in [2.45, 2.75) is 51.6 Å². The van der Waals surface area contributed by atoms with Crippen LogP contribution >= 0.6 is 0 Å². The molecule has 0 spiro atoms. The zero-order valence-electron chi connectivity index (χ0n) is 9.49. The van der Waals surface area contributed by atoms with Crippen LogP contribution in [0.5, 0.6) is 0 Å². The van der Waals surface area contributed by atoms with Gasteiger partial charge in [0.2, 0.25) is 5.91 Å². The van der Waals surface area contributed by atoms with Crippen LogP contribution in [0.3, 0.4) is 0 Å². The number of rotatable bonds is 2. The molecule has 0 bridgehead atoms.